The predicted molar refractivity (Wildman–Crippen MR) is 121 cm³/mol. The monoisotopic (exact) mass is 495 g/mol. The van der Waals surface area contributed by atoms with Gasteiger partial charge in [0.1, 0.15) is 0 Å². The molecule has 28 heavy (non-hydrogen) atoms. The first-order valence-corrected chi connectivity index (χ1v) is 9.43. The fourth-order valence-electron chi connectivity index (χ4n) is 3.48. The molecule has 2 heterocycles. The van der Waals surface area contributed by atoms with Gasteiger partial charge in [-0.1, -0.05) is 30.3 Å². The maximum atomic E-state index is 6.10. The lowest BCUT2D eigenvalue weighted by atomic mass is 9.95. The maximum absolute atomic E-state index is 6.10. The van der Waals surface area contributed by atoms with Gasteiger partial charge in [0.2, 0.25) is 0 Å². The van der Waals surface area contributed by atoms with E-state index in [9.17, 15) is 0 Å². The third kappa shape index (κ3) is 5.08. The van der Waals surface area contributed by atoms with E-state index in [0.29, 0.717) is 31.6 Å². The molecule has 0 unspecified atom stereocenters. The molecule has 6 nitrogen and oxygen atoms in total. The number of rotatable bonds is 4. The first-order valence-electron chi connectivity index (χ1n) is 9.43. The van der Waals surface area contributed by atoms with Gasteiger partial charge in [0.25, 0.3) is 0 Å². The second kappa shape index (κ2) is 9.97. The third-order valence-corrected chi connectivity index (χ3v) is 4.86. The molecule has 1 saturated heterocycles. The van der Waals surface area contributed by atoms with Crippen LogP contribution in [0.3, 0.4) is 0 Å². The fourth-order valence-corrected chi connectivity index (χ4v) is 3.48. The average molecular weight is 495 g/mol. The van der Waals surface area contributed by atoms with E-state index in [1.807, 2.05) is 36.4 Å². The lowest BCUT2D eigenvalue weighted by Gasteiger charge is -2.17. The Labute approximate surface area is 182 Å². The summed E-state index contributed by atoms with van der Waals surface area (Å²) in [6.07, 6.45) is 1.95. The second-order valence-electron chi connectivity index (χ2n) is 6.81. The van der Waals surface area contributed by atoms with Gasteiger partial charge in [0.05, 0.1) is 19.3 Å². The highest BCUT2D eigenvalue weighted by Gasteiger charge is 2.29. The van der Waals surface area contributed by atoms with E-state index in [0.717, 1.165) is 36.6 Å². The van der Waals surface area contributed by atoms with Crippen LogP contribution in [0.15, 0.2) is 53.5 Å². The van der Waals surface area contributed by atoms with E-state index in [1.54, 1.807) is 0 Å². The van der Waals surface area contributed by atoms with Gasteiger partial charge < -0.3 is 25.3 Å². The van der Waals surface area contributed by atoms with Gasteiger partial charge in [-0.05, 0) is 24.1 Å². The van der Waals surface area contributed by atoms with Gasteiger partial charge in [-0.15, -0.1) is 24.0 Å². The number of anilines is 1. The molecule has 7 heteroatoms. The number of nitrogens with one attached hydrogen (secondary N) is 1. The number of benzene rings is 2. The molecule has 0 spiro atoms. The van der Waals surface area contributed by atoms with Gasteiger partial charge >= 0.3 is 0 Å². The molecule has 2 aliphatic heterocycles. The summed E-state index contributed by atoms with van der Waals surface area (Å²) in [5.74, 6) is 2.22. The van der Waals surface area contributed by atoms with E-state index < -0.39 is 0 Å². The van der Waals surface area contributed by atoms with Gasteiger partial charge in [-0.2, -0.15) is 0 Å². The van der Waals surface area contributed by atoms with Crippen LogP contribution in [0.2, 0.25) is 0 Å². The number of fused-ring (bicyclic) bond motifs is 1. The average Bonchev–Trinajstić information content (AvgIpc) is 3.04. The molecule has 2 aromatic rings. The molecule has 0 amide bonds. The van der Waals surface area contributed by atoms with Gasteiger partial charge in [-0.3, -0.25) is 4.99 Å². The van der Waals surface area contributed by atoms with Crippen LogP contribution in [0.25, 0.3) is 0 Å². The largest absolute Gasteiger partial charge is 0.490 e. The number of hydrogen-bond donors (Lipinski definition) is 2. The number of ether oxygens (including phenoxy) is 3. The summed E-state index contributed by atoms with van der Waals surface area (Å²) in [5, 5.41) is 3.14. The molecule has 2 aromatic carbocycles. The van der Waals surface area contributed by atoms with Crippen LogP contribution >= 0.6 is 24.0 Å². The summed E-state index contributed by atoms with van der Waals surface area (Å²) in [4.78, 5) is 4.54. The second-order valence-corrected chi connectivity index (χ2v) is 6.81. The van der Waals surface area contributed by atoms with Crippen LogP contribution in [-0.4, -0.2) is 32.3 Å². The van der Waals surface area contributed by atoms with E-state index in [4.69, 9.17) is 19.9 Å². The molecule has 1 fully saturated rings. The highest BCUT2D eigenvalue weighted by atomic mass is 127. The van der Waals surface area contributed by atoms with Crippen molar-refractivity contribution in [2.75, 3.05) is 31.7 Å². The Balaban J connectivity index is 0.00000225. The van der Waals surface area contributed by atoms with Crippen LogP contribution in [-0.2, 0) is 4.74 Å². The third-order valence-electron chi connectivity index (χ3n) is 4.86. The van der Waals surface area contributed by atoms with E-state index in [1.165, 1.54) is 5.56 Å². The van der Waals surface area contributed by atoms with Gasteiger partial charge in [-0.25, -0.2) is 0 Å². The molecule has 0 saturated carbocycles. The zero-order valence-electron chi connectivity index (χ0n) is 15.7. The minimum absolute atomic E-state index is 0. The van der Waals surface area contributed by atoms with Crippen molar-refractivity contribution in [1.29, 1.82) is 0 Å². The van der Waals surface area contributed by atoms with Crippen molar-refractivity contribution in [3.8, 4) is 11.5 Å². The first kappa shape index (κ1) is 20.7. The Morgan fingerprint density at radius 3 is 2.64 bits per heavy atom. The van der Waals surface area contributed by atoms with Crippen LogP contribution in [0, 0.1) is 5.92 Å². The number of aliphatic imine (C=N–C) groups is 1. The maximum Gasteiger partial charge on any atom is 0.193 e. The normalized spacial score (nSPS) is 21.5. The molecule has 0 aliphatic carbocycles. The minimum atomic E-state index is 0. The highest BCUT2D eigenvalue weighted by Crippen LogP contribution is 2.35. The van der Waals surface area contributed by atoms with E-state index in [2.05, 4.69) is 22.4 Å². The Bertz CT molecular complexity index is 801. The van der Waals surface area contributed by atoms with Crippen LogP contribution in [0.5, 0.6) is 11.5 Å². The van der Waals surface area contributed by atoms with Crippen molar-refractivity contribution >= 4 is 35.6 Å². The Kier molecular flexibility index (Phi) is 7.38. The first-order chi connectivity index (χ1) is 13.3. The Morgan fingerprint density at radius 1 is 1.04 bits per heavy atom. The van der Waals surface area contributed by atoms with Crippen LogP contribution in [0.4, 0.5) is 5.69 Å². The smallest absolute Gasteiger partial charge is 0.193 e. The number of halogens is 1. The van der Waals surface area contributed by atoms with E-state index >= 15 is 0 Å². The SMILES string of the molecule is I.NC(=NC[C@H]1CCO[C@@H]1c1ccccc1)Nc1ccc2c(c1)OCCCO2. The molecule has 2 aliphatic rings. The van der Waals surface area contributed by atoms with Gasteiger partial charge in [0.15, 0.2) is 17.5 Å². The van der Waals surface area contributed by atoms with Crippen molar-refractivity contribution < 1.29 is 14.2 Å². The molecule has 150 valence electrons. The standard InChI is InChI=1S/C21H25N3O3.HI/c22-21(24-17-7-8-18-19(13-17)26-11-4-10-25-18)23-14-16-9-12-27-20(16)15-5-2-1-3-6-15;/h1-3,5-8,13,16,20H,4,9-12,14H2,(H3,22,23,24);1H/t16-,20-;/m1./s1. The number of hydrogen-bond acceptors (Lipinski definition) is 4. The summed E-state index contributed by atoms with van der Waals surface area (Å²) in [6, 6.07) is 16.0. The molecule has 0 aromatic heterocycles. The van der Waals surface area contributed by atoms with Crippen LogP contribution in [0.1, 0.15) is 24.5 Å². The molecular formula is C21H26IN3O3. The summed E-state index contributed by atoms with van der Waals surface area (Å²) in [7, 11) is 0. The lowest BCUT2D eigenvalue weighted by Crippen LogP contribution is -2.24. The van der Waals surface area contributed by atoms with Gasteiger partial charge in [0, 0.05) is 37.2 Å². The Morgan fingerprint density at radius 2 is 1.82 bits per heavy atom. The lowest BCUT2D eigenvalue weighted by molar-refractivity contribution is 0.0926. The Hall–Kier alpha value is -2.00. The van der Waals surface area contributed by atoms with E-state index in [-0.39, 0.29) is 30.1 Å². The highest BCUT2D eigenvalue weighted by molar-refractivity contribution is 14.0. The summed E-state index contributed by atoms with van der Waals surface area (Å²) in [6.45, 7) is 2.72. The number of nitrogens with two attached hydrogens (primary N) is 1. The van der Waals surface area contributed by atoms with Crippen LogP contribution < -0.4 is 20.5 Å². The molecular weight excluding hydrogens is 469 g/mol. The van der Waals surface area contributed by atoms with Crippen molar-refractivity contribution in [3.05, 3.63) is 54.1 Å². The topological polar surface area (TPSA) is 78.1 Å². The fraction of sp³-hybridized carbons (Fsp3) is 0.381. The molecule has 0 radical (unpaired) electrons. The minimum Gasteiger partial charge on any atom is -0.490 e. The van der Waals surface area contributed by atoms with Crippen molar-refractivity contribution in [2.24, 2.45) is 16.6 Å². The number of guanidine groups is 1. The number of nitrogens with zero attached hydrogens (tertiary/aromatic N) is 1. The zero-order valence-corrected chi connectivity index (χ0v) is 18.0. The predicted octanol–water partition coefficient (Wildman–Crippen LogP) is 3.97. The molecule has 2 atom stereocenters. The molecule has 0 bridgehead atoms. The summed E-state index contributed by atoms with van der Waals surface area (Å²) < 4.78 is 17.3. The summed E-state index contributed by atoms with van der Waals surface area (Å²) >= 11 is 0. The molecule has 3 N–H and O–H groups in total. The van der Waals surface area contributed by atoms with Crippen molar-refractivity contribution in [1.82, 2.24) is 0 Å². The van der Waals surface area contributed by atoms with Crippen molar-refractivity contribution in [2.45, 2.75) is 18.9 Å². The van der Waals surface area contributed by atoms with Crippen molar-refractivity contribution in [3.63, 3.8) is 0 Å². The molecule has 4 rings (SSSR count). The quantitative estimate of drug-likeness (QED) is 0.382. The summed E-state index contributed by atoms with van der Waals surface area (Å²) in [5.41, 5.74) is 8.14. The zero-order chi connectivity index (χ0) is 18.5.